The predicted octanol–water partition coefficient (Wildman–Crippen LogP) is 1.63. The summed E-state index contributed by atoms with van der Waals surface area (Å²) in [5.74, 6) is -1.82. The molecule has 0 radical (unpaired) electrons. The van der Waals surface area contributed by atoms with E-state index in [-0.39, 0.29) is 10.3 Å². The van der Waals surface area contributed by atoms with Crippen molar-refractivity contribution in [2.75, 3.05) is 0 Å². The van der Waals surface area contributed by atoms with Gasteiger partial charge >= 0.3 is 5.97 Å². The predicted molar refractivity (Wildman–Crippen MR) is 67.3 cm³/mol. The molecule has 0 saturated carbocycles. The third-order valence-electron chi connectivity index (χ3n) is 2.87. The highest BCUT2D eigenvalue weighted by Gasteiger charge is 2.33. The van der Waals surface area contributed by atoms with E-state index in [1.165, 1.54) is 12.1 Å². The Labute approximate surface area is 115 Å². The van der Waals surface area contributed by atoms with Gasteiger partial charge in [-0.15, -0.1) is 0 Å². The van der Waals surface area contributed by atoms with Crippen molar-refractivity contribution in [3.8, 4) is 0 Å². The Hall–Kier alpha value is -1.31. The van der Waals surface area contributed by atoms with Crippen molar-refractivity contribution in [2.24, 2.45) is 5.92 Å². The van der Waals surface area contributed by atoms with Gasteiger partial charge < -0.3 is 9.52 Å². The van der Waals surface area contributed by atoms with E-state index in [9.17, 15) is 13.2 Å². The minimum atomic E-state index is -3.90. The molecule has 0 saturated heterocycles. The maximum Gasteiger partial charge on any atom is 0.308 e. The van der Waals surface area contributed by atoms with Crippen molar-refractivity contribution in [3.05, 3.63) is 29.5 Å². The molecule has 19 heavy (non-hydrogen) atoms. The van der Waals surface area contributed by atoms with E-state index in [0.29, 0.717) is 12.8 Å². The third-order valence-corrected chi connectivity index (χ3v) is 4.43. The average molecular weight is 306 g/mol. The molecule has 6 nitrogen and oxygen atoms in total. The lowest BCUT2D eigenvalue weighted by Crippen LogP contribution is -2.43. The van der Waals surface area contributed by atoms with Gasteiger partial charge in [0, 0.05) is 6.04 Å². The molecule has 1 aliphatic rings. The van der Waals surface area contributed by atoms with Crippen LogP contribution < -0.4 is 4.72 Å². The van der Waals surface area contributed by atoms with Gasteiger partial charge in [-0.05, 0) is 36.6 Å². The van der Waals surface area contributed by atoms with E-state index < -0.39 is 28.0 Å². The molecule has 0 aliphatic heterocycles. The number of allylic oxidation sites excluding steroid dienone is 1. The van der Waals surface area contributed by atoms with Crippen molar-refractivity contribution >= 4 is 27.6 Å². The van der Waals surface area contributed by atoms with Crippen LogP contribution in [0.1, 0.15) is 12.8 Å². The number of carboxylic acid groups (broad SMARTS) is 1. The lowest BCUT2D eigenvalue weighted by molar-refractivity contribution is -0.142. The zero-order valence-corrected chi connectivity index (χ0v) is 11.3. The normalized spacial score (nSPS) is 23.4. The SMILES string of the molecule is O=C(O)[C@@H]1CC=CC[C@@H]1NS(=O)(=O)c1ccc(Cl)o1. The monoisotopic (exact) mass is 305 g/mol. The fourth-order valence-electron chi connectivity index (χ4n) is 1.92. The molecule has 8 heteroatoms. The second-order valence-corrected chi connectivity index (χ2v) is 6.19. The number of halogens is 1. The highest BCUT2D eigenvalue weighted by Crippen LogP contribution is 2.23. The zero-order chi connectivity index (χ0) is 14.0. The lowest BCUT2D eigenvalue weighted by atomic mass is 9.90. The van der Waals surface area contributed by atoms with Gasteiger partial charge in [-0.2, -0.15) is 0 Å². The van der Waals surface area contributed by atoms with Gasteiger partial charge in [-0.3, -0.25) is 4.79 Å². The maximum atomic E-state index is 12.0. The molecule has 1 aromatic rings. The van der Waals surface area contributed by atoms with Crippen molar-refractivity contribution in [2.45, 2.75) is 24.0 Å². The van der Waals surface area contributed by atoms with Crippen LogP contribution in [0.4, 0.5) is 0 Å². The van der Waals surface area contributed by atoms with E-state index in [4.69, 9.17) is 21.1 Å². The lowest BCUT2D eigenvalue weighted by Gasteiger charge is -2.25. The Bertz CT molecular complexity index is 606. The Kier molecular flexibility index (Phi) is 3.98. The number of carbonyl (C=O) groups is 1. The molecule has 0 bridgehead atoms. The van der Waals surface area contributed by atoms with Crippen LogP contribution >= 0.6 is 11.6 Å². The van der Waals surface area contributed by atoms with E-state index >= 15 is 0 Å². The molecule has 0 spiro atoms. The molecule has 0 fully saturated rings. The number of hydrogen-bond donors (Lipinski definition) is 2. The standard InChI is InChI=1S/C11H12ClNO5S/c12-9-5-6-10(18-9)19(16,17)13-8-4-2-1-3-7(8)11(14)15/h1-2,5-8,13H,3-4H2,(H,14,15)/t7-,8+/m1/s1. The largest absolute Gasteiger partial charge is 0.481 e. The molecule has 0 unspecified atom stereocenters. The number of aliphatic carboxylic acids is 1. The summed E-state index contributed by atoms with van der Waals surface area (Å²) < 4.78 is 31.2. The van der Waals surface area contributed by atoms with E-state index in [1.54, 1.807) is 12.2 Å². The first-order valence-corrected chi connectivity index (χ1v) is 7.42. The number of hydrogen-bond acceptors (Lipinski definition) is 4. The van der Waals surface area contributed by atoms with Crippen LogP contribution in [0.15, 0.2) is 33.8 Å². The van der Waals surface area contributed by atoms with E-state index in [0.717, 1.165) is 0 Å². The van der Waals surface area contributed by atoms with Crippen LogP contribution in [-0.2, 0) is 14.8 Å². The summed E-state index contributed by atoms with van der Waals surface area (Å²) in [7, 11) is -3.90. The van der Waals surface area contributed by atoms with Crippen LogP contribution in [0.25, 0.3) is 0 Å². The van der Waals surface area contributed by atoms with Gasteiger partial charge in [0.05, 0.1) is 5.92 Å². The Morgan fingerprint density at radius 3 is 2.63 bits per heavy atom. The number of nitrogens with one attached hydrogen (secondary N) is 1. The fourth-order valence-corrected chi connectivity index (χ4v) is 3.33. The minimum absolute atomic E-state index is 0.0429. The topological polar surface area (TPSA) is 96.6 Å². The summed E-state index contributed by atoms with van der Waals surface area (Å²) in [5, 5.41) is 8.70. The first kappa shape index (κ1) is 14.1. The van der Waals surface area contributed by atoms with Crippen LogP contribution in [-0.4, -0.2) is 25.5 Å². The summed E-state index contributed by atoms with van der Waals surface area (Å²) >= 11 is 5.52. The summed E-state index contributed by atoms with van der Waals surface area (Å²) in [4.78, 5) is 11.1. The van der Waals surface area contributed by atoms with Crippen LogP contribution in [0.3, 0.4) is 0 Å². The van der Waals surface area contributed by atoms with Crippen molar-refractivity contribution in [3.63, 3.8) is 0 Å². The molecular weight excluding hydrogens is 294 g/mol. The maximum absolute atomic E-state index is 12.0. The van der Waals surface area contributed by atoms with Gasteiger partial charge in [0.1, 0.15) is 0 Å². The van der Waals surface area contributed by atoms with Crippen LogP contribution in [0.5, 0.6) is 0 Å². The Morgan fingerprint density at radius 1 is 1.37 bits per heavy atom. The van der Waals surface area contributed by atoms with Crippen molar-refractivity contribution < 1.29 is 22.7 Å². The van der Waals surface area contributed by atoms with Gasteiger partial charge in [0.25, 0.3) is 10.0 Å². The van der Waals surface area contributed by atoms with E-state index in [2.05, 4.69) is 4.72 Å². The van der Waals surface area contributed by atoms with Gasteiger partial charge in [-0.25, -0.2) is 13.1 Å². The Balaban J connectivity index is 2.19. The first-order valence-electron chi connectivity index (χ1n) is 5.55. The summed E-state index contributed by atoms with van der Waals surface area (Å²) in [5.41, 5.74) is 0. The summed E-state index contributed by atoms with van der Waals surface area (Å²) in [6, 6.07) is 1.83. The average Bonchev–Trinajstić information content (AvgIpc) is 2.76. The molecule has 104 valence electrons. The number of carboxylic acids is 1. The third kappa shape index (κ3) is 3.17. The smallest absolute Gasteiger partial charge is 0.308 e. The summed E-state index contributed by atoms with van der Waals surface area (Å²) in [6.45, 7) is 0. The molecule has 1 heterocycles. The van der Waals surface area contributed by atoms with Gasteiger partial charge in [-0.1, -0.05) is 12.2 Å². The van der Waals surface area contributed by atoms with Crippen molar-refractivity contribution in [1.29, 1.82) is 0 Å². The molecule has 2 rings (SSSR count). The van der Waals surface area contributed by atoms with Gasteiger partial charge in [0.15, 0.2) is 5.22 Å². The number of sulfonamides is 1. The Morgan fingerprint density at radius 2 is 2.05 bits per heavy atom. The molecular formula is C11H12ClNO5S. The number of furan rings is 1. The molecule has 2 N–H and O–H groups in total. The minimum Gasteiger partial charge on any atom is -0.481 e. The fraction of sp³-hybridized carbons (Fsp3) is 0.364. The summed E-state index contributed by atoms with van der Waals surface area (Å²) in [6.07, 6.45) is 4.10. The quantitative estimate of drug-likeness (QED) is 0.824. The van der Waals surface area contributed by atoms with Crippen molar-refractivity contribution in [1.82, 2.24) is 4.72 Å². The first-order chi connectivity index (χ1) is 8.90. The van der Waals surface area contributed by atoms with Crippen LogP contribution in [0.2, 0.25) is 5.22 Å². The van der Waals surface area contributed by atoms with Gasteiger partial charge in [0.2, 0.25) is 5.09 Å². The highest BCUT2D eigenvalue weighted by atomic mass is 35.5. The second kappa shape index (κ2) is 5.36. The number of rotatable bonds is 4. The molecule has 1 aliphatic carbocycles. The molecule has 2 atom stereocenters. The highest BCUT2D eigenvalue weighted by molar-refractivity contribution is 7.89. The molecule has 1 aromatic heterocycles. The van der Waals surface area contributed by atoms with Crippen LogP contribution in [0, 0.1) is 5.92 Å². The molecule has 0 amide bonds. The van der Waals surface area contributed by atoms with E-state index in [1.807, 2.05) is 0 Å². The second-order valence-electron chi connectivity index (χ2n) is 4.17. The zero-order valence-electron chi connectivity index (χ0n) is 9.74. The molecule has 0 aromatic carbocycles.